The van der Waals surface area contributed by atoms with Crippen molar-refractivity contribution in [3.8, 4) is 0 Å². The van der Waals surface area contributed by atoms with Crippen molar-refractivity contribution in [2.24, 2.45) is 5.73 Å². The van der Waals surface area contributed by atoms with E-state index in [2.05, 4.69) is 5.32 Å². The number of nitrogens with one attached hydrogen (secondary N) is 1. The van der Waals surface area contributed by atoms with Crippen LogP contribution in [0.4, 0.5) is 4.79 Å². The molecule has 13 heavy (non-hydrogen) atoms. The maximum absolute atomic E-state index is 11.5. The molecule has 0 bridgehead atoms. The van der Waals surface area contributed by atoms with Crippen LogP contribution in [-0.2, 0) is 0 Å². The summed E-state index contributed by atoms with van der Waals surface area (Å²) in [7, 11) is 0. The molecule has 3 N–H and O–H groups in total. The highest BCUT2D eigenvalue weighted by atomic mass is 16.2. The van der Waals surface area contributed by atoms with Gasteiger partial charge in [0.15, 0.2) is 0 Å². The number of nitrogens with two attached hydrogens (primary N) is 1. The molecule has 0 aromatic carbocycles. The number of nitrogens with zero attached hydrogens (tertiary/aromatic N) is 1. The quantitative estimate of drug-likeness (QED) is 0.613. The predicted molar refractivity (Wildman–Crippen MR) is 50.3 cm³/mol. The Morgan fingerprint density at radius 1 is 1.54 bits per heavy atom. The Hall–Kier alpha value is -0.770. The van der Waals surface area contributed by atoms with Crippen molar-refractivity contribution in [3.63, 3.8) is 0 Å². The van der Waals surface area contributed by atoms with E-state index in [1.54, 1.807) is 4.90 Å². The number of hydrogen-bond donors (Lipinski definition) is 2. The number of likely N-dealkylation sites (tertiary alicyclic amines) is 1. The summed E-state index contributed by atoms with van der Waals surface area (Å²) >= 11 is 0. The van der Waals surface area contributed by atoms with Crippen LogP contribution in [0.3, 0.4) is 0 Å². The topological polar surface area (TPSA) is 58.4 Å². The van der Waals surface area contributed by atoms with Gasteiger partial charge in [0.2, 0.25) is 0 Å². The molecule has 0 atom stereocenters. The molecule has 4 heteroatoms. The summed E-state index contributed by atoms with van der Waals surface area (Å²) < 4.78 is 0. The number of urea groups is 1. The third-order valence-corrected chi connectivity index (χ3v) is 2.82. The number of carbonyl (C=O) groups is 1. The molecule has 2 amide bonds. The van der Waals surface area contributed by atoms with E-state index < -0.39 is 0 Å². The molecule has 1 saturated carbocycles. The minimum absolute atomic E-state index is 0.0626. The van der Waals surface area contributed by atoms with Gasteiger partial charge in [0.25, 0.3) is 0 Å². The lowest BCUT2D eigenvalue weighted by Gasteiger charge is -2.46. The van der Waals surface area contributed by atoms with Gasteiger partial charge in [-0.25, -0.2) is 4.79 Å². The first kappa shape index (κ1) is 8.81. The van der Waals surface area contributed by atoms with E-state index in [1.807, 2.05) is 6.92 Å². The zero-order valence-electron chi connectivity index (χ0n) is 8.05. The summed E-state index contributed by atoms with van der Waals surface area (Å²) in [5.74, 6) is 0. The summed E-state index contributed by atoms with van der Waals surface area (Å²) in [6.07, 6.45) is 3.53. The van der Waals surface area contributed by atoms with E-state index in [9.17, 15) is 4.79 Å². The molecular weight excluding hydrogens is 166 g/mol. The summed E-state index contributed by atoms with van der Waals surface area (Å²) in [4.78, 5) is 13.3. The smallest absolute Gasteiger partial charge is 0.317 e. The van der Waals surface area contributed by atoms with Gasteiger partial charge in [0, 0.05) is 24.7 Å². The van der Waals surface area contributed by atoms with E-state index in [-0.39, 0.29) is 11.6 Å². The van der Waals surface area contributed by atoms with E-state index in [0.29, 0.717) is 19.1 Å². The van der Waals surface area contributed by atoms with E-state index >= 15 is 0 Å². The number of rotatable bonds is 1. The first-order valence-electron chi connectivity index (χ1n) is 4.91. The van der Waals surface area contributed by atoms with Gasteiger partial charge in [0.05, 0.1) is 0 Å². The van der Waals surface area contributed by atoms with Crippen LogP contribution in [0.15, 0.2) is 0 Å². The maximum atomic E-state index is 11.5. The van der Waals surface area contributed by atoms with Gasteiger partial charge in [-0.15, -0.1) is 0 Å². The Bertz CT molecular complexity index is 215. The largest absolute Gasteiger partial charge is 0.335 e. The van der Waals surface area contributed by atoms with Crippen molar-refractivity contribution in [2.75, 3.05) is 13.1 Å². The monoisotopic (exact) mass is 183 g/mol. The SMILES string of the molecule is CC1(N)CN(C(=O)NC2CCC2)C1. The maximum Gasteiger partial charge on any atom is 0.317 e. The first-order chi connectivity index (χ1) is 6.07. The molecule has 74 valence electrons. The van der Waals surface area contributed by atoms with Crippen LogP contribution in [-0.4, -0.2) is 35.6 Å². The van der Waals surface area contributed by atoms with Crippen molar-refractivity contribution in [3.05, 3.63) is 0 Å². The lowest BCUT2D eigenvalue weighted by Crippen LogP contribution is -2.69. The lowest BCUT2D eigenvalue weighted by molar-refractivity contribution is 0.102. The van der Waals surface area contributed by atoms with Gasteiger partial charge in [0.1, 0.15) is 0 Å². The number of hydrogen-bond acceptors (Lipinski definition) is 2. The predicted octanol–water partition coefficient (Wildman–Crippen LogP) is 0.281. The second-order valence-corrected chi connectivity index (χ2v) is 4.59. The molecule has 0 unspecified atom stereocenters. The Labute approximate surface area is 78.5 Å². The van der Waals surface area contributed by atoms with Gasteiger partial charge in [-0.05, 0) is 26.2 Å². The van der Waals surface area contributed by atoms with Crippen LogP contribution >= 0.6 is 0 Å². The van der Waals surface area contributed by atoms with Crippen LogP contribution in [0.1, 0.15) is 26.2 Å². The van der Waals surface area contributed by atoms with Crippen molar-refractivity contribution in [2.45, 2.75) is 37.8 Å². The molecule has 0 aromatic heterocycles. The van der Waals surface area contributed by atoms with Gasteiger partial charge >= 0.3 is 6.03 Å². The summed E-state index contributed by atoms with van der Waals surface area (Å²) in [5, 5.41) is 2.99. The number of amides is 2. The molecule has 0 spiro atoms. The Kier molecular flexibility index (Phi) is 1.95. The summed E-state index contributed by atoms with van der Waals surface area (Å²) in [6.45, 7) is 3.34. The van der Waals surface area contributed by atoms with Gasteiger partial charge in [-0.1, -0.05) is 0 Å². The first-order valence-corrected chi connectivity index (χ1v) is 4.91. The fourth-order valence-corrected chi connectivity index (χ4v) is 1.79. The van der Waals surface area contributed by atoms with Crippen LogP contribution in [0, 0.1) is 0 Å². The standard InChI is InChI=1S/C9H17N3O/c1-9(10)5-12(6-9)8(13)11-7-3-2-4-7/h7H,2-6,10H2,1H3,(H,11,13). The second kappa shape index (κ2) is 2.87. The molecule has 1 aliphatic carbocycles. The molecule has 0 aromatic rings. The molecular formula is C9H17N3O. The Balaban J connectivity index is 1.73. The Morgan fingerprint density at radius 2 is 2.15 bits per heavy atom. The van der Waals surface area contributed by atoms with E-state index in [1.165, 1.54) is 6.42 Å². The number of carbonyl (C=O) groups excluding carboxylic acids is 1. The second-order valence-electron chi connectivity index (χ2n) is 4.59. The van der Waals surface area contributed by atoms with E-state index in [4.69, 9.17) is 5.73 Å². The summed E-state index contributed by atoms with van der Waals surface area (Å²) in [6, 6.07) is 0.491. The highest BCUT2D eigenvalue weighted by Gasteiger charge is 2.38. The third kappa shape index (κ3) is 1.77. The highest BCUT2D eigenvalue weighted by Crippen LogP contribution is 2.21. The molecule has 2 aliphatic rings. The molecule has 1 heterocycles. The minimum Gasteiger partial charge on any atom is -0.335 e. The molecule has 1 aliphatic heterocycles. The zero-order chi connectivity index (χ0) is 9.47. The Morgan fingerprint density at radius 3 is 2.54 bits per heavy atom. The van der Waals surface area contributed by atoms with Crippen LogP contribution < -0.4 is 11.1 Å². The molecule has 1 saturated heterocycles. The fraction of sp³-hybridized carbons (Fsp3) is 0.889. The van der Waals surface area contributed by atoms with Crippen molar-refractivity contribution < 1.29 is 4.79 Å². The zero-order valence-corrected chi connectivity index (χ0v) is 8.05. The molecule has 4 nitrogen and oxygen atoms in total. The average Bonchev–Trinajstić information content (AvgIpc) is 1.91. The fourth-order valence-electron chi connectivity index (χ4n) is 1.79. The van der Waals surface area contributed by atoms with Crippen LogP contribution in [0.2, 0.25) is 0 Å². The van der Waals surface area contributed by atoms with Crippen molar-refractivity contribution in [1.29, 1.82) is 0 Å². The van der Waals surface area contributed by atoms with Crippen LogP contribution in [0.25, 0.3) is 0 Å². The van der Waals surface area contributed by atoms with Crippen molar-refractivity contribution in [1.82, 2.24) is 10.2 Å². The van der Waals surface area contributed by atoms with Crippen LogP contribution in [0.5, 0.6) is 0 Å². The van der Waals surface area contributed by atoms with Gasteiger partial charge in [-0.3, -0.25) is 0 Å². The third-order valence-electron chi connectivity index (χ3n) is 2.82. The average molecular weight is 183 g/mol. The van der Waals surface area contributed by atoms with Crippen molar-refractivity contribution >= 4 is 6.03 Å². The van der Waals surface area contributed by atoms with Gasteiger partial charge in [-0.2, -0.15) is 0 Å². The molecule has 0 radical (unpaired) electrons. The molecule has 2 fully saturated rings. The normalized spacial score (nSPS) is 26.2. The van der Waals surface area contributed by atoms with Gasteiger partial charge < -0.3 is 16.0 Å². The summed E-state index contributed by atoms with van der Waals surface area (Å²) in [5.41, 5.74) is 5.65. The highest BCUT2D eigenvalue weighted by molar-refractivity contribution is 5.76. The lowest BCUT2D eigenvalue weighted by atomic mass is 9.92. The molecule has 2 rings (SSSR count). The van der Waals surface area contributed by atoms with E-state index in [0.717, 1.165) is 12.8 Å². The minimum atomic E-state index is -0.156.